The lowest BCUT2D eigenvalue weighted by atomic mass is 10.1. The van der Waals surface area contributed by atoms with Crippen LogP contribution >= 0.6 is 0 Å². The molecule has 0 aliphatic carbocycles. The van der Waals surface area contributed by atoms with Crippen LogP contribution in [0.5, 0.6) is 0 Å². The van der Waals surface area contributed by atoms with Crippen LogP contribution in [0.15, 0.2) is 18.2 Å². The first-order chi connectivity index (χ1) is 15.2. The Hall–Kier alpha value is -1.92. The van der Waals surface area contributed by atoms with Crippen molar-refractivity contribution in [3.63, 3.8) is 0 Å². The minimum absolute atomic E-state index is 0.486. The van der Waals surface area contributed by atoms with Crippen molar-refractivity contribution in [3.8, 4) is 0 Å². The second kappa shape index (κ2) is 17.7. The van der Waals surface area contributed by atoms with E-state index in [4.69, 9.17) is 9.68 Å². The second-order valence-corrected chi connectivity index (χ2v) is 8.04. The lowest BCUT2D eigenvalue weighted by Crippen LogP contribution is -2.25. The third kappa shape index (κ3) is 11.3. The average Bonchev–Trinajstić information content (AvgIpc) is 2.78. The molecule has 1 aromatic rings. The Kier molecular flexibility index (Phi) is 15.5. The lowest BCUT2D eigenvalue weighted by Gasteiger charge is -2.22. The van der Waals surface area contributed by atoms with Crippen molar-refractivity contribution < 1.29 is 19.3 Å². The van der Waals surface area contributed by atoms with Crippen molar-refractivity contribution >= 4 is 24.2 Å². The Labute approximate surface area is 188 Å². The van der Waals surface area contributed by atoms with Crippen LogP contribution in [-0.2, 0) is 19.3 Å². The summed E-state index contributed by atoms with van der Waals surface area (Å²) >= 11 is 0. The van der Waals surface area contributed by atoms with Gasteiger partial charge in [-0.3, -0.25) is 19.3 Å². The van der Waals surface area contributed by atoms with E-state index in [1.54, 1.807) is 6.07 Å². The van der Waals surface area contributed by atoms with E-state index in [0.29, 0.717) is 37.4 Å². The number of carbonyl (C=O) groups is 2. The van der Waals surface area contributed by atoms with Crippen molar-refractivity contribution in [2.75, 3.05) is 23.3 Å². The zero-order valence-corrected chi connectivity index (χ0v) is 19.8. The van der Waals surface area contributed by atoms with Crippen molar-refractivity contribution in [1.29, 1.82) is 0 Å². The molecule has 0 heterocycles. The minimum atomic E-state index is 0.486. The van der Waals surface area contributed by atoms with Crippen LogP contribution in [-0.4, -0.2) is 26.0 Å². The van der Waals surface area contributed by atoms with E-state index >= 15 is 0 Å². The molecule has 31 heavy (non-hydrogen) atoms. The number of unbranched alkanes of at least 4 members (excludes halogenated alkanes) is 10. The average molecular weight is 435 g/mol. The van der Waals surface area contributed by atoms with Gasteiger partial charge in [0.25, 0.3) is 0 Å². The Morgan fingerprint density at radius 1 is 0.710 bits per heavy atom. The van der Waals surface area contributed by atoms with Gasteiger partial charge in [0.1, 0.15) is 0 Å². The summed E-state index contributed by atoms with van der Waals surface area (Å²) in [7, 11) is 0. The second-order valence-electron chi connectivity index (χ2n) is 8.04. The molecule has 6 nitrogen and oxygen atoms in total. The summed E-state index contributed by atoms with van der Waals surface area (Å²) in [6.07, 6.45) is 15.2. The fourth-order valence-corrected chi connectivity index (χ4v) is 3.39. The highest BCUT2D eigenvalue weighted by atomic mass is 16.7. The highest BCUT2D eigenvalue weighted by Crippen LogP contribution is 2.26. The van der Waals surface area contributed by atoms with Crippen LogP contribution in [0.3, 0.4) is 0 Å². The topological polar surface area (TPSA) is 59.1 Å². The van der Waals surface area contributed by atoms with Gasteiger partial charge < -0.3 is 0 Å². The van der Waals surface area contributed by atoms with E-state index in [1.165, 1.54) is 61.5 Å². The van der Waals surface area contributed by atoms with Gasteiger partial charge >= 0.3 is 0 Å². The van der Waals surface area contributed by atoms with Crippen LogP contribution in [0.25, 0.3) is 0 Å². The standard InChI is InChI=1S/C25H42N2O4/c1-4-6-8-10-12-14-18-30-26(21-28)24-17-16-23(3)25(20-24)27(22-29)31-19-15-13-11-9-7-5-2/h16-17,20-22H,4-15,18-19H2,1-3H3. The number of hydroxylamine groups is 2. The molecular weight excluding hydrogens is 392 g/mol. The highest BCUT2D eigenvalue weighted by molar-refractivity contribution is 5.80. The van der Waals surface area contributed by atoms with E-state index in [2.05, 4.69) is 13.8 Å². The largest absolute Gasteiger partial charge is 0.276 e. The summed E-state index contributed by atoms with van der Waals surface area (Å²) in [5.41, 5.74) is 2.09. The predicted molar refractivity (Wildman–Crippen MR) is 127 cm³/mol. The molecule has 0 bridgehead atoms. The molecule has 6 heteroatoms. The summed E-state index contributed by atoms with van der Waals surface area (Å²) in [4.78, 5) is 34.5. The van der Waals surface area contributed by atoms with E-state index in [1.807, 2.05) is 19.1 Å². The third-order valence-electron chi connectivity index (χ3n) is 5.33. The Morgan fingerprint density at radius 3 is 1.71 bits per heavy atom. The molecule has 0 radical (unpaired) electrons. The summed E-state index contributed by atoms with van der Waals surface area (Å²) in [6, 6.07) is 5.42. The van der Waals surface area contributed by atoms with Crippen LogP contribution < -0.4 is 10.1 Å². The number of hydrogen-bond donors (Lipinski definition) is 0. The van der Waals surface area contributed by atoms with Gasteiger partial charge in [0.15, 0.2) is 0 Å². The molecule has 0 aliphatic heterocycles. The monoisotopic (exact) mass is 434 g/mol. The van der Waals surface area contributed by atoms with Gasteiger partial charge in [-0.25, -0.2) is 0 Å². The zero-order valence-electron chi connectivity index (χ0n) is 19.8. The maximum Gasteiger partial charge on any atom is 0.238 e. The molecule has 1 rings (SSSR count). The Morgan fingerprint density at radius 2 is 1.19 bits per heavy atom. The fraction of sp³-hybridized carbons (Fsp3) is 0.680. The van der Waals surface area contributed by atoms with Crippen molar-refractivity contribution in [2.24, 2.45) is 0 Å². The smallest absolute Gasteiger partial charge is 0.238 e. The molecular formula is C25H42N2O4. The number of rotatable bonds is 20. The van der Waals surface area contributed by atoms with Gasteiger partial charge in [-0.15, -0.1) is 0 Å². The third-order valence-corrected chi connectivity index (χ3v) is 5.33. The van der Waals surface area contributed by atoms with Crippen LogP contribution in [0.2, 0.25) is 0 Å². The van der Waals surface area contributed by atoms with Crippen molar-refractivity contribution in [1.82, 2.24) is 0 Å². The van der Waals surface area contributed by atoms with E-state index in [-0.39, 0.29) is 0 Å². The summed E-state index contributed by atoms with van der Waals surface area (Å²) < 4.78 is 0. The first kappa shape index (κ1) is 27.1. The Bertz CT molecular complexity index is 609. The molecule has 0 fully saturated rings. The first-order valence-corrected chi connectivity index (χ1v) is 12.0. The fourth-order valence-electron chi connectivity index (χ4n) is 3.39. The normalized spacial score (nSPS) is 10.8. The number of hydrogen-bond acceptors (Lipinski definition) is 4. The molecule has 176 valence electrons. The minimum Gasteiger partial charge on any atom is -0.276 e. The van der Waals surface area contributed by atoms with Crippen molar-refractivity contribution in [2.45, 2.75) is 97.8 Å². The molecule has 0 saturated heterocycles. The molecule has 0 atom stereocenters. The number of aryl methyl sites for hydroxylation is 1. The van der Waals surface area contributed by atoms with Crippen LogP contribution in [0.4, 0.5) is 11.4 Å². The molecule has 0 unspecified atom stereocenters. The van der Waals surface area contributed by atoms with E-state index in [9.17, 15) is 9.59 Å². The summed E-state index contributed by atoms with van der Waals surface area (Å²) in [5, 5.41) is 2.48. The predicted octanol–water partition coefficient (Wildman–Crippen LogP) is 6.50. The lowest BCUT2D eigenvalue weighted by molar-refractivity contribution is -0.114. The first-order valence-electron chi connectivity index (χ1n) is 12.0. The Balaban J connectivity index is 2.55. The van der Waals surface area contributed by atoms with E-state index < -0.39 is 0 Å². The number of benzene rings is 1. The maximum absolute atomic E-state index is 11.6. The molecule has 0 saturated carbocycles. The number of anilines is 2. The molecule has 0 aromatic heterocycles. The van der Waals surface area contributed by atoms with Crippen molar-refractivity contribution in [3.05, 3.63) is 23.8 Å². The van der Waals surface area contributed by atoms with Gasteiger partial charge in [-0.05, 0) is 37.5 Å². The number of nitrogens with zero attached hydrogens (tertiary/aromatic N) is 2. The number of carbonyl (C=O) groups excluding carboxylic acids is 2. The highest BCUT2D eigenvalue weighted by Gasteiger charge is 2.14. The molecule has 0 spiro atoms. The quantitative estimate of drug-likeness (QED) is 0.133. The van der Waals surface area contributed by atoms with E-state index in [0.717, 1.165) is 31.2 Å². The van der Waals surface area contributed by atoms with Gasteiger partial charge in [0.2, 0.25) is 12.8 Å². The van der Waals surface area contributed by atoms with Crippen LogP contribution in [0, 0.1) is 6.92 Å². The molecule has 2 amide bonds. The zero-order chi connectivity index (χ0) is 22.7. The molecule has 0 N–H and O–H groups in total. The molecule has 0 aliphatic rings. The maximum atomic E-state index is 11.6. The summed E-state index contributed by atoms with van der Waals surface area (Å²) in [6.45, 7) is 7.28. The van der Waals surface area contributed by atoms with Gasteiger partial charge in [-0.1, -0.05) is 84.1 Å². The number of amides is 2. The van der Waals surface area contributed by atoms with Gasteiger partial charge in [0.05, 0.1) is 24.6 Å². The van der Waals surface area contributed by atoms with Gasteiger partial charge in [0, 0.05) is 0 Å². The van der Waals surface area contributed by atoms with Crippen LogP contribution in [0.1, 0.15) is 96.5 Å². The summed E-state index contributed by atoms with van der Waals surface area (Å²) in [5.74, 6) is 0. The molecule has 1 aromatic carbocycles. The SMILES string of the molecule is CCCCCCCCON(C=O)c1ccc(C)c(N(C=O)OCCCCCCCC)c1. The van der Waals surface area contributed by atoms with Gasteiger partial charge in [-0.2, -0.15) is 10.1 Å².